The molecule has 27 heavy (non-hydrogen) atoms. The maximum absolute atomic E-state index is 4.83. The third-order valence-electron chi connectivity index (χ3n) is 4.74. The van der Waals surface area contributed by atoms with Crippen molar-refractivity contribution in [3.8, 4) is 0 Å². The van der Waals surface area contributed by atoms with Gasteiger partial charge in [0, 0.05) is 6.42 Å². The molecule has 0 bridgehead atoms. The van der Waals surface area contributed by atoms with Crippen LogP contribution in [0, 0.1) is 41.5 Å². The van der Waals surface area contributed by atoms with Gasteiger partial charge in [0.2, 0.25) is 0 Å². The number of aryl methyl sites for hydroxylation is 6. The Kier molecular flexibility index (Phi) is 3.98. The highest BCUT2D eigenvalue weighted by Crippen LogP contribution is 2.21. The zero-order valence-electron chi connectivity index (χ0n) is 16.3. The molecule has 0 amide bonds. The van der Waals surface area contributed by atoms with E-state index in [0.717, 1.165) is 67.6 Å². The van der Waals surface area contributed by atoms with Crippen LogP contribution in [-0.2, 0) is 6.42 Å². The predicted octanol–water partition coefficient (Wildman–Crippen LogP) is 2.59. The summed E-state index contributed by atoms with van der Waals surface area (Å²) in [7, 11) is 0. The van der Waals surface area contributed by atoms with Gasteiger partial charge in [-0.3, -0.25) is 0 Å². The average molecular weight is 360 g/mol. The Hall–Kier alpha value is -3.16. The lowest BCUT2D eigenvalue weighted by Crippen LogP contribution is -2.08. The molecule has 4 aromatic heterocycles. The van der Waals surface area contributed by atoms with E-state index in [1.807, 2.05) is 41.5 Å². The van der Waals surface area contributed by atoms with Crippen molar-refractivity contribution in [2.24, 2.45) is 0 Å². The van der Waals surface area contributed by atoms with Crippen molar-refractivity contribution in [2.45, 2.75) is 48.0 Å². The molecule has 0 atom stereocenters. The number of hydrogen-bond donors (Lipinski definition) is 0. The Morgan fingerprint density at radius 3 is 1.04 bits per heavy atom. The van der Waals surface area contributed by atoms with Crippen LogP contribution in [0.25, 0.3) is 22.1 Å². The molecule has 0 unspecified atom stereocenters. The Balaban J connectivity index is 1.87. The lowest BCUT2D eigenvalue weighted by molar-refractivity contribution is 0.905. The molecule has 0 aromatic carbocycles. The topological polar surface area (TPSA) is 103 Å². The summed E-state index contributed by atoms with van der Waals surface area (Å²) < 4.78 is 0. The van der Waals surface area contributed by atoms with E-state index < -0.39 is 0 Å². The van der Waals surface area contributed by atoms with Crippen molar-refractivity contribution in [2.75, 3.05) is 0 Å². The van der Waals surface area contributed by atoms with Crippen LogP contribution < -0.4 is 0 Å². The first-order valence-electron chi connectivity index (χ1n) is 8.79. The molecule has 0 radical (unpaired) electrons. The summed E-state index contributed by atoms with van der Waals surface area (Å²) in [5, 5.41) is 16.6. The summed E-state index contributed by atoms with van der Waals surface area (Å²) in [5.41, 5.74) is 9.73. The van der Waals surface area contributed by atoms with E-state index in [1.54, 1.807) is 0 Å². The van der Waals surface area contributed by atoms with Gasteiger partial charge in [0.25, 0.3) is 0 Å². The van der Waals surface area contributed by atoms with Gasteiger partial charge >= 0.3 is 0 Å². The summed E-state index contributed by atoms with van der Waals surface area (Å²) >= 11 is 0. The SMILES string of the molecule is Cc1nc2c(C)nnc(C)c2nc1Cc1nc2c(C)nnc(C)c2nc1C. The lowest BCUT2D eigenvalue weighted by atomic mass is 10.1. The van der Waals surface area contributed by atoms with Crippen molar-refractivity contribution in [1.29, 1.82) is 0 Å². The highest BCUT2D eigenvalue weighted by atomic mass is 15.1. The summed E-state index contributed by atoms with van der Waals surface area (Å²) in [6, 6.07) is 0. The molecule has 0 aliphatic carbocycles. The van der Waals surface area contributed by atoms with Crippen LogP contribution in [-0.4, -0.2) is 40.3 Å². The van der Waals surface area contributed by atoms with Gasteiger partial charge in [-0.2, -0.15) is 20.4 Å². The molecule has 8 nitrogen and oxygen atoms in total. The molecule has 0 N–H and O–H groups in total. The number of aromatic nitrogens is 8. The van der Waals surface area contributed by atoms with Crippen LogP contribution in [0.1, 0.15) is 45.6 Å². The second-order valence-electron chi connectivity index (χ2n) is 6.82. The van der Waals surface area contributed by atoms with Gasteiger partial charge < -0.3 is 0 Å². The zero-order chi connectivity index (χ0) is 19.3. The minimum atomic E-state index is 0.547. The molecule has 136 valence electrons. The van der Waals surface area contributed by atoms with Crippen molar-refractivity contribution >= 4 is 22.1 Å². The molecule has 0 aliphatic heterocycles. The Morgan fingerprint density at radius 2 is 0.704 bits per heavy atom. The first-order chi connectivity index (χ1) is 12.8. The third kappa shape index (κ3) is 2.87. The monoisotopic (exact) mass is 360 g/mol. The predicted molar refractivity (Wildman–Crippen MR) is 101 cm³/mol. The van der Waals surface area contributed by atoms with Crippen LogP contribution in [0.5, 0.6) is 0 Å². The first kappa shape index (κ1) is 17.3. The van der Waals surface area contributed by atoms with E-state index in [4.69, 9.17) is 19.9 Å². The summed E-state index contributed by atoms with van der Waals surface area (Å²) in [6.07, 6.45) is 0.547. The molecular weight excluding hydrogens is 340 g/mol. The van der Waals surface area contributed by atoms with Gasteiger partial charge in [0.15, 0.2) is 0 Å². The maximum atomic E-state index is 4.83. The zero-order valence-corrected chi connectivity index (χ0v) is 16.3. The molecule has 4 aromatic rings. The van der Waals surface area contributed by atoms with E-state index in [9.17, 15) is 0 Å². The molecule has 0 aliphatic rings. The van der Waals surface area contributed by atoms with Crippen molar-refractivity contribution in [3.05, 3.63) is 45.6 Å². The van der Waals surface area contributed by atoms with Gasteiger partial charge in [0.1, 0.15) is 22.1 Å². The minimum absolute atomic E-state index is 0.547. The number of fused-ring (bicyclic) bond motifs is 2. The fourth-order valence-corrected chi connectivity index (χ4v) is 3.10. The Bertz CT molecular complexity index is 1120. The van der Waals surface area contributed by atoms with E-state index in [-0.39, 0.29) is 0 Å². The molecule has 8 heteroatoms. The van der Waals surface area contributed by atoms with Gasteiger partial charge in [-0.05, 0) is 41.5 Å². The van der Waals surface area contributed by atoms with Crippen LogP contribution >= 0.6 is 0 Å². The fourth-order valence-electron chi connectivity index (χ4n) is 3.10. The van der Waals surface area contributed by atoms with Gasteiger partial charge in [-0.15, -0.1) is 0 Å². The van der Waals surface area contributed by atoms with Crippen LogP contribution in [0.15, 0.2) is 0 Å². The van der Waals surface area contributed by atoms with E-state index >= 15 is 0 Å². The summed E-state index contributed by atoms with van der Waals surface area (Å²) in [4.78, 5) is 19.1. The largest absolute Gasteiger partial charge is 0.248 e. The molecule has 0 saturated carbocycles. The third-order valence-corrected chi connectivity index (χ3v) is 4.74. The van der Waals surface area contributed by atoms with Crippen LogP contribution in [0.3, 0.4) is 0 Å². The van der Waals surface area contributed by atoms with Gasteiger partial charge in [-0.25, -0.2) is 19.9 Å². The highest BCUT2D eigenvalue weighted by molar-refractivity contribution is 5.79. The highest BCUT2D eigenvalue weighted by Gasteiger charge is 2.15. The molecule has 4 rings (SSSR count). The van der Waals surface area contributed by atoms with E-state index in [0.29, 0.717) is 6.42 Å². The van der Waals surface area contributed by atoms with Crippen LogP contribution in [0.4, 0.5) is 0 Å². The quantitative estimate of drug-likeness (QED) is 0.537. The van der Waals surface area contributed by atoms with E-state index in [1.165, 1.54) is 0 Å². The fraction of sp³-hybridized carbons (Fsp3) is 0.368. The normalized spacial score (nSPS) is 11.5. The van der Waals surface area contributed by atoms with E-state index in [2.05, 4.69) is 20.4 Å². The maximum Gasteiger partial charge on any atom is 0.114 e. The van der Waals surface area contributed by atoms with Crippen molar-refractivity contribution in [3.63, 3.8) is 0 Å². The van der Waals surface area contributed by atoms with Gasteiger partial charge in [0.05, 0.1) is 45.6 Å². The Labute approximate surface area is 156 Å². The second-order valence-corrected chi connectivity index (χ2v) is 6.82. The standard InChI is InChI=1S/C19H20N8/c1-8-14(22-18-12(5)26-24-10(3)16(18)20-8)7-15-9(2)21-17-11(4)25-27-13(6)19(17)23-15/h7H2,1-6H3. The number of hydrogen-bond acceptors (Lipinski definition) is 8. The number of rotatable bonds is 2. The Morgan fingerprint density at radius 1 is 0.407 bits per heavy atom. The summed E-state index contributed by atoms with van der Waals surface area (Å²) in [5.74, 6) is 0. The lowest BCUT2D eigenvalue weighted by Gasteiger charge is -2.11. The molecular formula is C19H20N8. The molecule has 0 spiro atoms. The molecule has 0 saturated heterocycles. The second kappa shape index (κ2) is 6.22. The van der Waals surface area contributed by atoms with Crippen molar-refractivity contribution in [1.82, 2.24) is 40.3 Å². The molecule has 0 fully saturated rings. The average Bonchev–Trinajstić information content (AvgIpc) is 2.64. The number of nitrogens with zero attached hydrogens (tertiary/aromatic N) is 8. The van der Waals surface area contributed by atoms with Crippen LogP contribution in [0.2, 0.25) is 0 Å². The minimum Gasteiger partial charge on any atom is -0.248 e. The molecule has 4 heterocycles. The van der Waals surface area contributed by atoms with Crippen molar-refractivity contribution < 1.29 is 0 Å². The van der Waals surface area contributed by atoms with Gasteiger partial charge in [-0.1, -0.05) is 0 Å². The first-order valence-corrected chi connectivity index (χ1v) is 8.79. The summed E-state index contributed by atoms with van der Waals surface area (Å²) in [6.45, 7) is 11.5. The smallest absolute Gasteiger partial charge is 0.114 e.